The Morgan fingerprint density at radius 3 is 2.43 bits per heavy atom. The number of hydrogen-bond acceptors (Lipinski definition) is 1. The molecular weight excluding hydrogens is 112 g/mol. The fraction of sp³-hybridized carbons (Fsp3) is 0.600. The molecule has 7 heavy (non-hydrogen) atoms. The highest BCUT2D eigenvalue weighted by Crippen LogP contribution is 2.26. The molecule has 0 aromatic heterocycles. The van der Waals surface area contributed by atoms with E-state index in [9.17, 15) is 0 Å². The van der Waals surface area contributed by atoms with Gasteiger partial charge < -0.3 is 4.74 Å². The molecule has 1 rings (SSSR count). The van der Waals surface area contributed by atoms with Gasteiger partial charge in [-0.25, -0.2) is 0 Å². The lowest BCUT2D eigenvalue weighted by atomic mass is 10.4. The van der Waals surface area contributed by atoms with Gasteiger partial charge in [-0.2, -0.15) is 0 Å². The Kier molecular flexibility index (Phi) is 1.35. The number of ether oxygens (including phenoxy) is 1. The van der Waals surface area contributed by atoms with Gasteiger partial charge in [0.05, 0.1) is 0 Å². The highest BCUT2D eigenvalue weighted by atomic mass is 35.5. The Labute approximate surface area is 47.9 Å². The summed E-state index contributed by atoms with van der Waals surface area (Å²) in [7, 11) is 0. The quantitative estimate of drug-likeness (QED) is 0.289. The third-order valence-electron chi connectivity index (χ3n) is 0.851. The molecule has 0 bridgehead atoms. The minimum Gasteiger partial charge on any atom is -0.348 e. The minimum absolute atomic E-state index is 0.0452. The fourth-order valence-corrected chi connectivity index (χ4v) is 0.630. The molecule has 0 aromatic carbocycles. The average Bonchev–Trinajstić information content (AvgIpc) is 2.22. The fourth-order valence-electron chi connectivity index (χ4n) is 0.427. The van der Waals surface area contributed by atoms with Crippen LogP contribution in [0.3, 0.4) is 0 Å². The van der Waals surface area contributed by atoms with E-state index in [0.29, 0.717) is 0 Å². The summed E-state index contributed by atoms with van der Waals surface area (Å²) in [5.74, 6) is 0. The first-order chi connectivity index (χ1) is 3.34. The molecule has 1 fully saturated rings. The topological polar surface area (TPSA) is 12.5 Å². The van der Waals surface area contributed by atoms with E-state index in [1.165, 1.54) is 0 Å². The summed E-state index contributed by atoms with van der Waals surface area (Å²) in [6, 6.07) is 0. The molecule has 2 unspecified atom stereocenters. The van der Waals surface area contributed by atoms with Crippen molar-refractivity contribution in [2.75, 3.05) is 0 Å². The summed E-state index contributed by atoms with van der Waals surface area (Å²) >= 11 is 5.46. The first-order valence-electron chi connectivity index (χ1n) is 2.27. The lowest BCUT2D eigenvalue weighted by molar-refractivity contribution is 0.426. The molecule has 0 saturated carbocycles. The van der Waals surface area contributed by atoms with Crippen LogP contribution in [0.2, 0.25) is 0 Å². The van der Waals surface area contributed by atoms with Crippen molar-refractivity contribution in [3.8, 4) is 0 Å². The number of epoxide rings is 1. The molecule has 0 aromatic rings. The van der Waals surface area contributed by atoms with Crippen LogP contribution >= 0.6 is 11.6 Å². The zero-order valence-corrected chi connectivity index (χ0v) is 4.85. The van der Waals surface area contributed by atoms with Gasteiger partial charge in [0.25, 0.3) is 0 Å². The number of halogens is 1. The van der Waals surface area contributed by atoms with Crippen molar-refractivity contribution in [3.05, 3.63) is 12.2 Å². The van der Waals surface area contributed by atoms with Crippen LogP contribution in [0, 0.1) is 0 Å². The van der Waals surface area contributed by atoms with E-state index in [2.05, 4.69) is 0 Å². The van der Waals surface area contributed by atoms with Crippen molar-refractivity contribution in [2.45, 2.75) is 18.6 Å². The second kappa shape index (κ2) is 1.85. The van der Waals surface area contributed by atoms with Crippen molar-refractivity contribution >= 4 is 11.6 Å². The monoisotopic (exact) mass is 118 g/mol. The van der Waals surface area contributed by atoms with Gasteiger partial charge in [-0.3, -0.25) is 0 Å². The molecule has 0 aliphatic carbocycles. The smallest absolute Gasteiger partial charge is 0.161 e. The SMILES string of the molecule is CC=CC1OC1Cl. The van der Waals surface area contributed by atoms with Crippen LogP contribution < -0.4 is 0 Å². The van der Waals surface area contributed by atoms with Crippen molar-refractivity contribution in [1.82, 2.24) is 0 Å². The van der Waals surface area contributed by atoms with Gasteiger partial charge in [0.15, 0.2) is 5.56 Å². The molecule has 1 aliphatic rings. The number of allylic oxidation sites excluding steroid dienone is 1. The van der Waals surface area contributed by atoms with Crippen molar-refractivity contribution in [2.24, 2.45) is 0 Å². The molecular formula is C5H7ClO. The van der Waals surface area contributed by atoms with Crippen molar-refractivity contribution in [1.29, 1.82) is 0 Å². The zero-order valence-electron chi connectivity index (χ0n) is 4.10. The maximum Gasteiger partial charge on any atom is 0.161 e. The average molecular weight is 119 g/mol. The minimum atomic E-state index is -0.0452. The van der Waals surface area contributed by atoms with Gasteiger partial charge in [0, 0.05) is 0 Å². The van der Waals surface area contributed by atoms with E-state index in [-0.39, 0.29) is 11.7 Å². The molecule has 0 amide bonds. The molecule has 1 heterocycles. The van der Waals surface area contributed by atoms with E-state index < -0.39 is 0 Å². The van der Waals surface area contributed by atoms with Gasteiger partial charge in [-0.15, -0.1) is 0 Å². The Morgan fingerprint density at radius 2 is 2.29 bits per heavy atom. The second-order valence-electron chi connectivity index (χ2n) is 1.48. The van der Waals surface area contributed by atoms with Crippen molar-refractivity contribution < 1.29 is 4.74 Å². The third-order valence-corrected chi connectivity index (χ3v) is 1.20. The summed E-state index contributed by atoms with van der Waals surface area (Å²) in [6.07, 6.45) is 4.08. The zero-order chi connectivity index (χ0) is 5.28. The van der Waals surface area contributed by atoms with Crippen LogP contribution in [0.4, 0.5) is 0 Å². The van der Waals surface area contributed by atoms with E-state index in [0.717, 1.165) is 0 Å². The van der Waals surface area contributed by atoms with Gasteiger partial charge >= 0.3 is 0 Å². The van der Waals surface area contributed by atoms with Gasteiger partial charge in [-0.1, -0.05) is 23.8 Å². The first-order valence-corrected chi connectivity index (χ1v) is 2.70. The molecule has 0 radical (unpaired) electrons. The summed E-state index contributed by atoms with van der Waals surface area (Å²) in [4.78, 5) is 0. The Hall–Kier alpha value is -0.0100. The van der Waals surface area contributed by atoms with Crippen LogP contribution in [0.25, 0.3) is 0 Å². The summed E-state index contributed by atoms with van der Waals surface area (Å²) < 4.78 is 4.84. The highest BCUT2D eigenvalue weighted by Gasteiger charge is 2.33. The van der Waals surface area contributed by atoms with Gasteiger partial charge in [0.1, 0.15) is 6.10 Å². The van der Waals surface area contributed by atoms with Crippen LogP contribution in [0.15, 0.2) is 12.2 Å². The Balaban J connectivity index is 2.21. The van der Waals surface area contributed by atoms with E-state index in [4.69, 9.17) is 16.3 Å². The molecule has 1 nitrogen and oxygen atoms in total. The summed E-state index contributed by atoms with van der Waals surface area (Å²) in [5.41, 5.74) is -0.0452. The molecule has 40 valence electrons. The summed E-state index contributed by atoms with van der Waals surface area (Å²) in [5, 5.41) is 0. The van der Waals surface area contributed by atoms with E-state index in [1.807, 2.05) is 19.1 Å². The number of hydrogen-bond donors (Lipinski definition) is 0. The van der Waals surface area contributed by atoms with Crippen LogP contribution in [0.5, 0.6) is 0 Å². The van der Waals surface area contributed by atoms with Crippen LogP contribution in [-0.4, -0.2) is 11.7 Å². The lowest BCUT2D eigenvalue weighted by Gasteiger charge is -1.67. The molecule has 2 heteroatoms. The molecule has 1 aliphatic heterocycles. The maximum atomic E-state index is 5.46. The highest BCUT2D eigenvalue weighted by molar-refractivity contribution is 6.21. The second-order valence-corrected chi connectivity index (χ2v) is 1.91. The van der Waals surface area contributed by atoms with Crippen LogP contribution in [0.1, 0.15) is 6.92 Å². The largest absolute Gasteiger partial charge is 0.348 e. The van der Waals surface area contributed by atoms with E-state index >= 15 is 0 Å². The Bertz CT molecular complexity index is 90.1. The lowest BCUT2D eigenvalue weighted by Crippen LogP contribution is -1.75. The standard InChI is InChI=1S/C5H7ClO/c1-2-3-4-5(6)7-4/h2-5H,1H3. The maximum absolute atomic E-state index is 5.46. The summed E-state index contributed by atoms with van der Waals surface area (Å²) in [6.45, 7) is 1.95. The van der Waals surface area contributed by atoms with E-state index in [1.54, 1.807) is 0 Å². The normalized spacial score (nSPS) is 39.7. The third kappa shape index (κ3) is 1.18. The Morgan fingerprint density at radius 1 is 1.71 bits per heavy atom. The predicted octanol–water partition coefficient (Wildman–Crippen LogP) is 1.53. The molecule has 2 atom stereocenters. The predicted molar refractivity (Wildman–Crippen MR) is 29.3 cm³/mol. The molecule has 0 spiro atoms. The van der Waals surface area contributed by atoms with Gasteiger partial charge in [0.2, 0.25) is 0 Å². The molecule has 0 N–H and O–H groups in total. The first kappa shape index (κ1) is 5.13. The number of alkyl halides is 1. The molecule has 1 saturated heterocycles. The number of rotatable bonds is 1. The van der Waals surface area contributed by atoms with Crippen molar-refractivity contribution in [3.63, 3.8) is 0 Å². The van der Waals surface area contributed by atoms with Gasteiger partial charge in [-0.05, 0) is 6.92 Å². The van der Waals surface area contributed by atoms with Crippen LogP contribution in [-0.2, 0) is 4.74 Å².